The average molecular weight is 371 g/mol. The van der Waals surface area contributed by atoms with Crippen LogP contribution >= 0.6 is 15.9 Å². The van der Waals surface area contributed by atoms with Crippen LogP contribution in [-0.2, 0) is 10.0 Å². The maximum atomic E-state index is 12.0. The van der Waals surface area contributed by atoms with Crippen LogP contribution < -0.4 is 10.5 Å². The molecule has 3 N–H and O–H groups in total. The van der Waals surface area contributed by atoms with Crippen LogP contribution in [0.2, 0.25) is 0 Å². The number of aryl methyl sites for hydroxylation is 1. The Kier molecular flexibility index (Phi) is 4.35. The summed E-state index contributed by atoms with van der Waals surface area (Å²) in [7, 11) is -3.81. The third-order valence-corrected chi connectivity index (χ3v) is 4.37. The summed E-state index contributed by atoms with van der Waals surface area (Å²) in [6.45, 7) is 1.59. The van der Waals surface area contributed by atoms with Crippen molar-refractivity contribution in [2.75, 3.05) is 5.32 Å². The number of aromatic nitrogens is 2. The molecular formula is C12H11BrN4O3S. The number of nitrogens with zero attached hydrogens (tertiary/aromatic N) is 2. The molecule has 7 nitrogen and oxygen atoms in total. The normalized spacial score (nSPS) is 11.2. The van der Waals surface area contributed by atoms with Gasteiger partial charge >= 0.3 is 0 Å². The standard InChI is InChI=1S/C12H11BrN4O3S/c1-7-4-10(9(13)5-11(7)21(14,19)20)17-12(18)8-2-3-15-16-6-8/h2-6H,1H3,(H,17,18)(H2,14,19,20). The van der Waals surface area contributed by atoms with Gasteiger partial charge in [-0.25, -0.2) is 13.6 Å². The quantitative estimate of drug-likeness (QED) is 0.847. The predicted molar refractivity (Wildman–Crippen MR) is 80.2 cm³/mol. The molecule has 0 aliphatic carbocycles. The predicted octanol–water partition coefficient (Wildman–Crippen LogP) is 1.45. The molecule has 1 aromatic heterocycles. The van der Waals surface area contributed by atoms with E-state index >= 15 is 0 Å². The minimum Gasteiger partial charge on any atom is -0.321 e. The van der Waals surface area contributed by atoms with Crippen molar-refractivity contribution >= 4 is 37.5 Å². The van der Waals surface area contributed by atoms with Crippen molar-refractivity contribution in [1.29, 1.82) is 0 Å². The van der Waals surface area contributed by atoms with Gasteiger partial charge in [0.2, 0.25) is 10.0 Å². The summed E-state index contributed by atoms with van der Waals surface area (Å²) in [6, 6.07) is 4.39. The lowest BCUT2D eigenvalue weighted by Gasteiger charge is -2.11. The molecule has 0 spiro atoms. The van der Waals surface area contributed by atoms with E-state index in [9.17, 15) is 13.2 Å². The van der Waals surface area contributed by atoms with Gasteiger partial charge in [-0.05, 0) is 46.6 Å². The Morgan fingerprint density at radius 1 is 1.33 bits per heavy atom. The molecule has 2 rings (SSSR count). The molecule has 0 fully saturated rings. The number of carbonyl (C=O) groups is 1. The number of hydrogen-bond donors (Lipinski definition) is 2. The lowest BCUT2D eigenvalue weighted by atomic mass is 10.2. The van der Waals surface area contributed by atoms with E-state index in [0.717, 1.165) is 0 Å². The molecule has 1 aromatic carbocycles. The Balaban J connectivity index is 2.34. The summed E-state index contributed by atoms with van der Waals surface area (Å²) in [5.74, 6) is -0.381. The van der Waals surface area contributed by atoms with Gasteiger partial charge in [-0.1, -0.05) is 0 Å². The highest BCUT2D eigenvalue weighted by Gasteiger charge is 2.16. The Bertz CT molecular complexity index is 794. The molecule has 110 valence electrons. The zero-order valence-corrected chi connectivity index (χ0v) is 13.3. The molecule has 0 bridgehead atoms. The highest BCUT2D eigenvalue weighted by molar-refractivity contribution is 9.10. The molecule has 1 amide bonds. The number of sulfonamides is 1. The summed E-state index contributed by atoms with van der Waals surface area (Å²) >= 11 is 3.21. The van der Waals surface area contributed by atoms with Crippen LogP contribution in [0, 0.1) is 6.92 Å². The largest absolute Gasteiger partial charge is 0.321 e. The van der Waals surface area contributed by atoms with Crippen LogP contribution in [-0.4, -0.2) is 24.5 Å². The van der Waals surface area contributed by atoms with Crippen LogP contribution in [0.3, 0.4) is 0 Å². The smallest absolute Gasteiger partial charge is 0.257 e. The number of carbonyl (C=O) groups excluding carboxylic acids is 1. The second-order valence-corrected chi connectivity index (χ2v) is 6.61. The van der Waals surface area contributed by atoms with E-state index in [1.807, 2.05) is 0 Å². The number of benzene rings is 1. The molecule has 0 saturated carbocycles. The van der Waals surface area contributed by atoms with Crippen molar-refractivity contribution in [2.45, 2.75) is 11.8 Å². The first-order valence-corrected chi connectivity index (χ1v) is 8.04. The third-order valence-electron chi connectivity index (χ3n) is 2.67. The highest BCUT2D eigenvalue weighted by Crippen LogP contribution is 2.28. The van der Waals surface area contributed by atoms with Crippen molar-refractivity contribution in [1.82, 2.24) is 10.2 Å². The SMILES string of the molecule is Cc1cc(NC(=O)c2ccnnc2)c(Br)cc1S(N)(=O)=O. The monoisotopic (exact) mass is 370 g/mol. The maximum absolute atomic E-state index is 12.0. The van der Waals surface area contributed by atoms with Gasteiger partial charge in [0.05, 0.1) is 28.5 Å². The minimum absolute atomic E-state index is 0.00190. The Hall–Kier alpha value is -1.84. The van der Waals surface area contributed by atoms with Crippen LogP contribution in [0.15, 0.2) is 40.0 Å². The molecule has 0 aliphatic rings. The first-order valence-electron chi connectivity index (χ1n) is 5.70. The number of nitrogens with one attached hydrogen (secondary N) is 1. The third kappa shape index (κ3) is 3.63. The number of halogens is 1. The fraction of sp³-hybridized carbons (Fsp3) is 0.0833. The van der Waals surface area contributed by atoms with Crippen LogP contribution in [0.4, 0.5) is 5.69 Å². The van der Waals surface area contributed by atoms with Crippen molar-refractivity contribution in [2.24, 2.45) is 5.14 Å². The molecular weight excluding hydrogens is 360 g/mol. The molecule has 0 atom stereocenters. The second kappa shape index (κ2) is 5.88. The van der Waals surface area contributed by atoms with Gasteiger partial charge in [-0.2, -0.15) is 10.2 Å². The van der Waals surface area contributed by atoms with E-state index in [2.05, 4.69) is 31.4 Å². The lowest BCUT2D eigenvalue weighted by molar-refractivity contribution is 0.102. The summed E-state index contributed by atoms with van der Waals surface area (Å²) in [4.78, 5) is 12.0. The fourth-order valence-electron chi connectivity index (χ4n) is 1.69. The topological polar surface area (TPSA) is 115 Å². The molecule has 1 heterocycles. The van der Waals surface area contributed by atoms with Crippen molar-refractivity contribution in [3.8, 4) is 0 Å². The van der Waals surface area contributed by atoms with Gasteiger partial charge < -0.3 is 5.32 Å². The zero-order valence-electron chi connectivity index (χ0n) is 10.9. The van der Waals surface area contributed by atoms with Crippen molar-refractivity contribution in [3.63, 3.8) is 0 Å². The molecule has 0 unspecified atom stereocenters. The van der Waals surface area contributed by atoms with Gasteiger partial charge in [0.25, 0.3) is 5.91 Å². The first-order chi connectivity index (χ1) is 9.79. The molecule has 21 heavy (non-hydrogen) atoms. The van der Waals surface area contributed by atoms with E-state index in [4.69, 9.17) is 5.14 Å². The Morgan fingerprint density at radius 2 is 2.05 bits per heavy atom. The summed E-state index contributed by atoms with van der Waals surface area (Å²) < 4.78 is 23.2. The molecule has 2 aromatic rings. The summed E-state index contributed by atoms with van der Waals surface area (Å²) in [6.07, 6.45) is 2.73. The fourth-order valence-corrected chi connectivity index (χ4v) is 3.07. The van der Waals surface area contributed by atoms with Gasteiger partial charge in [0.1, 0.15) is 0 Å². The van der Waals surface area contributed by atoms with E-state index in [1.54, 1.807) is 6.92 Å². The number of amides is 1. The number of hydrogen-bond acceptors (Lipinski definition) is 5. The highest BCUT2D eigenvalue weighted by atomic mass is 79.9. The van der Waals surface area contributed by atoms with Crippen molar-refractivity contribution < 1.29 is 13.2 Å². The van der Waals surface area contributed by atoms with Gasteiger partial charge in [0, 0.05) is 4.47 Å². The number of nitrogens with two attached hydrogens (primary N) is 1. The van der Waals surface area contributed by atoms with Gasteiger partial charge in [-0.3, -0.25) is 4.79 Å². The molecule has 9 heteroatoms. The first kappa shape index (κ1) is 15.5. The number of rotatable bonds is 3. The van der Waals surface area contributed by atoms with Crippen LogP contribution in [0.5, 0.6) is 0 Å². The summed E-state index contributed by atoms with van der Waals surface area (Å²) in [5, 5.41) is 15.0. The molecule has 0 aliphatic heterocycles. The zero-order chi connectivity index (χ0) is 15.6. The summed E-state index contributed by atoms with van der Waals surface area (Å²) in [5.41, 5.74) is 1.20. The maximum Gasteiger partial charge on any atom is 0.257 e. The van der Waals surface area contributed by atoms with Gasteiger partial charge in [-0.15, -0.1) is 0 Å². The van der Waals surface area contributed by atoms with Crippen molar-refractivity contribution in [3.05, 3.63) is 46.2 Å². The van der Waals surface area contributed by atoms with Gasteiger partial charge in [0.15, 0.2) is 0 Å². The van der Waals surface area contributed by atoms with E-state index in [0.29, 0.717) is 21.3 Å². The van der Waals surface area contributed by atoms with E-state index in [1.165, 1.54) is 30.6 Å². The second-order valence-electron chi connectivity index (χ2n) is 4.23. The molecule has 0 saturated heterocycles. The Labute approximate surface area is 129 Å². The van der Waals surface area contributed by atoms with Crippen LogP contribution in [0.1, 0.15) is 15.9 Å². The average Bonchev–Trinajstić information content (AvgIpc) is 2.42. The van der Waals surface area contributed by atoms with E-state index < -0.39 is 10.0 Å². The number of anilines is 1. The van der Waals surface area contributed by atoms with E-state index in [-0.39, 0.29) is 10.8 Å². The molecule has 0 radical (unpaired) electrons. The lowest BCUT2D eigenvalue weighted by Crippen LogP contribution is -2.16. The Morgan fingerprint density at radius 3 is 2.62 bits per heavy atom. The minimum atomic E-state index is -3.81. The number of primary sulfonamides is 1. The van der Waals surface area contributed by atoms with Crippen LogP contribution in [0.25, 0.3) is 0 Å².